The SMILES string of the molecule is COc1ccc(N2CCC(NS(=O)(=O)c3c(C)c(C)cc(C)c3C)CC2)cc1. The summed E-state index contributed by atoms with van der Waals surface area (Å²) >= 11 is 0. The standard InChI is InChI=1S/C22H30N2O3S/c1-15-14-16(2)18(4)22(17(15)3)28(25,26)23-19-10-12-24(13-11-19)20-6-8-21(27-5)9-7-20/h6-9,14,19,23H,10-13H2,1-5H3. The van der Waals surface area contributed by atoms with Gasteiger partial charge in [-0.05, 0) is 87.1 Å². The van der Waals surface area contributed by atoms with Crippen molar-refractivity contribution in [2.24, 2.45) is 0 Å². The molecule has 0 amide bonds. The minimum absolute atomic E-state index is 0.0425. The predicted molar refractivity (Wildman–Crippen MR) is 114 cm³/mol. The molecule has 2 aromatic rings. The molecular formula is C22H30N2O3S. The third kappa shape index (κ3) is 4.18. The van der Waals surface area contributed by atoms with Gasteiger partial charge < -0.3 is 9.64 Å². The van der Waals surface area contributed by atoms with Gasteiger partial charge in [0.15, 0.2) is 0 Å². The van der Waals surface area contributed by atoms with Crippen LogP contribution in [0.4, 0.5) is 5.69 Å². The van der Waals surface area contributed by atoms with Crippen molar-refractivity contribution in [1.29, 1.82) is 0 Å². The Balaban J connectivity index is 1.70. The van der Waals surface area contributed by atoms with E-state index >= 15 is 0 Å². The zero-order chi connectivity index (χ0) is 20.5. The monoisotopic (exact) mass is 402 g/mol. The Morgan fingerprint density at radius 3 is 2.00 bits per heavy atom. The normalized spacial score (nSPS) is 15.7. The van der Waals surface area contributed by atoms with Gasteiger partial charge in [-0.1, -0.05) is 6.07 Å². The summed E-state index contributed by atoms with van der Waals surface area (Å²) in [7, 11) is -1.88. The highest BCUT2D eigenvalue weighted by Gasteiger charge is 2.27. The van der Waals surface area contributed by atoms with Crippen molar-refractivity contribution in [3.8, 4) is 5.75 Å². The second-order valence-electron chi connectivity index (χ2n) is 7.67. The molecule has 28 heavy (non-hydrogen) atoms. The van der Waals surface area contributed by atoms with E-state index in [9.17, 15) is 8.42 Å². The fourth-order valence-electron chi connectivity index (χ4n) is 3.91. The number of hydrogen-bond acceptors (Lipinski definition) is 4. The van der Waals surface area contributed by atoms with Crippen LogP contribution in [0.5, 0.6) is 5.75 Å². The van der Waals surface area contributed by atoms with Crippen molar-refractivity contribution in [3.05, 3.63) is 52.6 Å². The number of anilines is 1. The third-order valence-electron chi connectivity index (χ3n) is 5.82. The van der Waals surface area contributed by atoms with Crippen LogP contribution in [0.2, 0.25) is 0 Å². The maximum absolute atomic E-state index is 13.1. The third-order valence-corrected chi connectivity index (χ3v) is 7.61. The van der Waals surface area contributed by atoms with Crippen molar-refractivity contribution in [1.82, 2.24) is 4.72 Å². The van der Waals surface area contributed by atoms with E-state index in [1.807, 2.05) is 52.0 Å². The minimum Gasteiger partial charge on any atom is -0.497 e. The van der Waals surface area contributed by atoms with E-state index in [4.69, 9.17) is 4.74 Å². The molecule has 0 bridgehead atoms. The van der Waals surface area contributed by atoms with Crippen LogP contribution in [0.1, 0.15) is 35.1 Å². The van der Waals surface area contributed by atoms with Crippen LogP contribution in [0.25, 0.3) is 0 Å². The van der Waals surface area contributed by atoms with Gasteiger partial charge >= 0.3 is 0 Å². The first-order valence-corrected chi connectivity index (χ1v) is 11.2. The fraction of sp³-hybridized carbons (Fsp3) is 0.455. The zero-order valence-corrected chi connectivity index (χ0v) is 18.2. The lowest BCUT2D eigenvalue weighted by Gasteiger charge is -2.34. The van der Waals surface area contributed by atoms with Gasteiger partial charge in [0.2, 0.25) is 10.0 Å². The number of ether oxygens (including phenoxy) is 1. The van der Waals surface area contributed by atoms with E-state index in [2.05, 4.69) is 15.7 Å². The second-order valence-corrected chi connectivity index (χ2v) is 9.32. The van der Waals surface area contributed by atoms with Crippen molar-refractivity contribution in [2.45, 2.75) is 51.5 Å². The van der Waals surface area contributed by atoms with E-state index in [1.165, 1.54) is 0 Å². The van der Waals surface area contributed by atoms with E-state index in [1.54, 1.807) is 7.11 Å². The first-order chi connectivity index (χ1) is 13.2. The molecule has 5 nitrogen and oxygen atoms in total. The summed E-state index contributed by atoms with van der Waals surface area (Å²) in [6.07, 6.45) is 1.57. The van der Waals surface area contributed by atoms with Crippen LogP contribution in [0.3, 0.4) is 0 Å². The molecule has 6 heteroatoms. The van der Waals surface area contributed by atoms with Crippen LogP contribution in [-0.4, -0.2) is 34.7 Å². The molecule has 0 spiro atoms. The van der Waals surface area contributed by atoms with Gasteiger partial charge in [-0.15, -0.1) is 0 Å². The summed E-state index contributed by atoms with van der Waals surface area (Å²) in [6, 6.07) is 10.0. The number of nitrogens with one attached hydrogen (secondary N) is 1. The molecule has 0 saturated carbocycles. The molecule has 1 heterocycles. The van der Waals surface area contributed by atoms with Gasteiger partial charge in [0.25, 0.3) is 0 Å². The van der Waals surface area contributed by atoms with Crippen LogP contribution < -0.4 is 14.4 Å². The predicted octanol–water partition coefficient (Wildman–Crippen LogP) is 3.88. The highest BCUT2D eigenvalue weighted by molar-refractivity contribution is 7.89. The van der Waals surface area contributed by atoms with Gasteiger partial charge in [-0.2, -0.15) is 0 Å². The molecule has 1 aliphatic heterocycles. The number of aryl methyl sites for hydroxylation is 2. The molecular weight excluding hydrogens is 372 g/mol. The highest BCUT2D eigenvalue weighted by Crippen LogP contribution is 2.28. The molecule has 0 radical (unpaired) electrons. The first kappa shape index (κ1) is 20.7. The van der Waals surface area contributed by atoms with Crippen LogP contribution in [0, 0.1) is 27.7 Å². The molecule has 1 N–H and O–H groups in total. The molecule has 1 fully saturated rings. The van der Waals surface area contributed by atoms with E-state index in [-0.39, 0.29) is 6.04 Å². The summed E-state index contributed by atoms with van der Waals surface area (Å²) in [5.74, 6) is 0.839. The molecule has 152 valence electrons. The number of piperidine rings is 1. The Bertz CT molecular complexity index is 918. The Labute approximate surface area is 168 Å². The van der Waals surface area contributed by atoms with E-state index in [0.717, 1.165) is 59.6 Å². The van der Waals surface area contributed by atoms with Gasteiger partial charge in [-0.3, -0.25) is 0 Å². The first-order valence-electron chi connectivity index (χ1n) is 9.71. The van der Waals surface area contributed by atoms with Crippen molar-refractivity contribution in [3.63, 3.8) is 0 Å². The van der Waals surface area contributed by atoms with Gasteiger partial charge in [-0.25, -0.2) is 13.1 Å². The Kier molecular flexibility index (Phi) is 6.01. The van der Waals surface area contributed by atoms with Gasteiger partial charge in [0.1, 0.15) is 5.75 Å². The maximum atomic E-state index is 13.1. The fourth-order valence-corrected chi connectivity index (χ4v) is 5.83. The molecule has 0 aliphatic carbocycles. The van der Waals surface area contributed by atoms with Crippen LogP contribution >= 0.6 is 0 Å². The summed E-state index contributed by atoms with van der Waals surface area (Å²) in [6.45, 7) is 9.36. The molecule has 3 rings (SSSR count). The second kappa shape index (κ2) is 8.13. The largest absolute Gasteiger partial charge is 0.497 e. The lowest BCUT2D eigenvalue weighted by Crippen LogP contribution is -2.45. The molecule has 2 aromatic carbocycles. The maximum Gasteiger partial charge on any atom is 0.241 e. The average Bonchev–Trinajstić information content (AvgIpc) is 2.67. The zero-order valence-electron chi connectivity index (χ0n) is 17.4. The number of methoxy groups -OCH3 is 1. The van der Waals surface area contributed by atoms with Crippen LogP contribution in [-0.2, 0) is 10.0 Å². The van der Waals surface area contributed by atoms with Crippen molar-refractivity contribution in [2.75, 3.05) is 25.1 Å². The van der Waals surface area contributed by atoms with Crippen molar-refractivity contribution >= 4 is 15.7 Å². The van der Waals surface area contributed by atoms with E-state index in [0.29, 0.717) is 4.90 Å². The van der Waals surface area contributed by atoms with E-state index < -0.39 is 10.0 Å². The smallest absolute Gasteiger partial charge is 0.241 e. The Morgan fingerprint density at radius 2 is 1.50 bits per heavy atom. The number of hydrogen-bond donors (Lipinski definition) is 1. The number of rotatable bonds is 5. The molecule has 1 aliphatic rings. The Hall–Kier alpha value is -2.05. The quantitative estimate of drug-likeness (QED) is 0.825. The van der Waals surface area contributed by atoms with Gasteiger partial charge in [0, 0.05) is 24.8 Å². The Morgan fingerprint density at radius 1 is 0.964 bits per heavy atom. The minimum atomic E-state index is -3.54. The summed E-state index contributed by atoms with van der Waals surface area (Å²) in [5, 5.41) is 0. The topological polar surface area (TPSA) is 58.6 Å². The summed E-state index contributed by atoms with van der Waals surface area (Å²) < 4.78 is 34.4. The van der Waals surface area contributed by atoms with Gasteiger partial charge in [0.05, 0.1) is 12.0 Å². The number of nitrogens with zero attached hydrogens (tertiary/aromatic N) is 1. The van der Waals surface area contributed by atoms with Crippen molar-refractivity contribution < 1.29 is 13.2 Å². The molecule has 1 saturated heterocycles. The summed E-state index contributed by atoms with van der Waals surface area (Å²) in [4.78, 5) is 2.74. The lowest BCUT2D eigenvalue weighted by molar-refractivity contribution is 0.414. The number of sulfonamides is 1. The average molecular weight is 403 g/mol. The van der Waals surface area contributed by atoms with Crippen LogP contribution in [0.15, 0.2) is 35.2 Å². The highest BCUT2D eigenvalue weighted by atomic mass is 32.2. The molecule has 0 atom stereocenters. The molecule has 0 unspecified atom stereocenters. The number of benzene rings is 2. The lowest BCUT2D eigenvalue weighted by atomic mass is 10.0. The molecule has 0 aromatic heterocycles. The summed E-state index contributed by atoms with van der Waals surface area (Å²) in [5.41, 5.74) is 4.84.